The SMILES string of the molecule is O=C(COC(=O)CCc1c[nH]c2ccccc12)NC1CCOc2ccccc21. The smallest absolute Gasteiger partial charge is 0.306 e. The quantitative estimate of drug-likeness (QED) is 0.645. The van der Waals surface area contributed by atoms with Crippen LogP contribution < -0.4 is 10.1 Å². The summed E-state index contributed by atoms with van der Waals surface area (Å²) in [5, 5.41) is 4.03. The Bertz CT molecular complexity index is 995. The average molecular weight is 378 g/mol. The third-order valence-electron chi connectivity index (χ3n) is 4.93. The molecule has 6 nitrogen and oxygen atoms in total. The van der Waals surface area contributed by atoms with E-state index in [9.17, 15) is 9.59 Å². The number of carbonyl (C=O) groups is 2. The summed E-state index contributed by atoms with van der Waals surface area (Å²) >= 11 is 0. The normalized spacial score (nSPS) is 15.5. The lowest BCUT2D eigenvalue weighted by Gasteiger charge is -2.26. The van der Waals surface area contributed by atoms with Crippen LogP contribution in [0.1, 0.15) is 30.0 Å². The summed E-state index contributed by atoms with van der Waals surface area (Å²) in [6.07, 6.45) is 3.40. The molecular weight excluding hydrogens is 356 g/mol. The topological polar surface area (TPSA) is 80.4 Å². The largest absolute Gasteiger partial charge is 0.493 e. The maximum Gasteiger partial charge on any atom is 0.306 e. The van der Waals surface area contributed by atoms with E-state index in [1.54, 1.807) is 0 Å². The number of aromatic nitrogens is 1. The number of ether oxygens (including phenoxy) is 2. The first-order valence-electron chi connectivity index (χ1n) is 9.42. The molecule has 144 valence electrons. The molecule has 0 aliphatic carbocycles. The number of rotatable bonds is 6. The highest BCUT2D eigenvalue weighted by Gasteiger charge is 2.23. The number of para-hydroxylation sites is 2. The number of hydrogen-bond donors (Lipinski definition) is 2. The minimum absolute atomic E-state index is 0.123. The second-order valence-corrected chi connectivity index (χ2v) is 6.82. The summed E-state index contributed by atoms with van der Waals surface area (Å²) < 4.78 is 10.7. The van der Waals surface area contributed by atoms with Gasteiger partial charge in [-0.25, -0.2) is 0 Å². The van der Waals surface area contributed by atoms with Crippen LogP contribution in [-0.2, 0) is 20.7 Å². The van der Waals surface area contributed by atoms with E-state index in [-0.39, 0.29) is 30.9 Å². The molecule has 0 fully saturated rings. The van der Waals surface area contributed by atoms with Gasteiger partial charge in [0.25, 0.3) is 5.91 Å². The van der Waals surface area contributed by atoms with Gasteiger partial charge in [0.1, 0.15) is 5.75 Å². The summed E-state index contributed by atoms with van der Waals surface area (Å²) in [5.74, 6) is 0.102. The lowest BCUT2D eigenvalue weighted by Crippen LogP contribution is -2.35. The first kappa shape index (κ1) is 18.1. The molecular formula is C22H22N2O4. The van der Waals surface area contributed by atoms with E-state index in [1.165, 1.54) is 0 Å². The zero-order chi connectivity index (χ0) is 19.3. The van der Waals surface area contributed by atoms with Crippen molar-refractivity contribution >= 4 is 22.8 Å². The Labute approximate surface area is 162 Å². The first-order valence-corrected chi connectivity index (χ1v) is 9.42. The van der Waals surface area contributed by atoms with Crippen molar-refractivity contribution in [3.63, 3.8) is 0 Å². The minimum atomic E-state index is -0.382. The predicted octanol–water partition coefficient (Wildman–Crippen LogP) is 3.28. The summed E-state index contributed by atoms with van der Waals surface area (Å²) in [6, 6.07) is 15.5. The third kappa shape index (κ3) is 4.01. The molecule has 1 aliphatic rings. The van der Waals surface area contributed by atoms with Crippen LogP contribution in [0.3, 0.4) is 0 Å². The summed E-state index contributed by atoms with van der Waals surface area (Å²) in [6.45, 7) is 0.276. The van der Waals surface area contributed by atoms with Crippen LogP contribution in [0.15, 0.2) is 54.7 Å². The van der Waals surface area contributed by atoms with Crippen LogP contribution in [-0.4, -0.2) is 30.1 Å². The molecule has 3 aromatic rings. The maximum atomic E-state index is 12.2. The molecule has 1 aliphatic heterocycles. The first-order chi connectivity index (χ1) is 13.7. The number of hydrogen-bond acceptors (Lipinski definition) is 4. The summed E-state index contributed by atoms with van der Waals surface area (Å²) in [4.78, 5) is 27.4. The molecule has 1 amide bonds. The molecule has 28 heavy (non-hydrogen) atoms. The number of aryl methyl sites for hydroxylation is 1. The van der Waals surface area contributed by atoms with Gasteiger partial charge in [0.2, 0.25) is 0 Å². The van der Waals surface area contributed by atoms with Crippen molar-refractivity contribution in [3.8, 4) is 5.75 Å². The van der Waals surface area contributed by atoms with Gasteiger partial charge in [0.05, 0.1) is 12.6 Å². The second kappa shape index (κ2) is 8.17. The Morgan fingerprint density at radius 1 is 1.14 bits per heavy atom. The number of H-pyrrole nitrogens is 1. The van der Waals surface area contributed by atoms with Crippen LogP contribution in [0.5, 0.6) is 5.75 Å². The van der Waals surface area contributed by atoms with Gasteiger partial charge in [-0.05, 0) is 24.1 Å². The van der Waals surface area contributed by atoms with Crippen LogP contribution in [0, 0.1) is 0 Å². The summed E-state index contributed by atoms with van der Waals surface area (Å²) in [5.41, 5.74) is 3.06. The van der Waals surface area contributed by atoms with Gasteiger partial charge in [-0.15, -0.1) is 0 Å². The predicted molar refractivity (Wildman–Crippen MR) is 105 cm³/mol. The molecule has 4 rings (SSSR count). The van der Waals surface area contributed by atoms with Gasteiger partial charge in [-0.1, -0.05) is 36.4 Å². The lowest BCUT2D eigenvalue weighted by molar-refractivity contribution is -0.148. The Morgan fingerprint density at radius 2 is 1.96 bits per heavy atom. The van der Waals surface area contributed by atoms with Gasteiger partial charge in [-0.2, -0.15) is 0 Å². The van der Waals surface area contributed by atoms with Crippen molar-refractivity contribution in [1.29, 1.82) is 0 Å². The molecule has 2 aromatic carbocycles. The summed E-state index contributed by atoms with van der Waals surface area (Å²) in [7, 11) is 0. The Hall–Kier alpha value is -3.28. The molecule has 1 atom stereocenters. The maximum absolute atomic E-state index is 12.2. The Morgan fingerprint density at radius 3 is 2.89 bits per heavy atom. The number of esters is 1. The number of benzene rings is 2. The molecule has 1 unspecified atom stereocenters. The molecule has 6 heteroatoms. The molecule has 2 N–H and O–H groups in total. The fraction of sp³-hybridized carbons (Fsp3) is 0.273. The number of nitrogens with one attached hydrogen (secondary N) is 2. The lowest BCUT2D eigenvalue weighted by atomic mass is 10.0. The molecule has 0 radical (unpaired) electrons. The second-order valence-electron chi connectivity index (χ2n) is 6.82. The molecule has 1 aromatic heterocycles. The third-order valence-corrected chi connectivity index (χ3v) is 4.93. The van der Waals surface area contributed by atoms with Gasteiger partial charge in [0, 0.05) is 35.5 Å². The van der Waals surface area contributed by atoms with Crippen molar-refractivity contribution in [2.24, 2.45) is 0 Å². The molecule has 0 saturated heterocycles. The zero-order valence-corrected chi connectivity index (χ0v) is 15.4. The fourth-order valence-corrected chi connectivity index (χ4v) is 3.52. The van der Waals surface area contributed by atoms with Crippen LogP contribution in [0.4, 0.5) is 0 Å². The van der Waals surface area contributed by atoms with Crippen LogP contribution >= 0.6 is 0 Å². The van der Waals surface area contributed by atoms with Crippen molar-refractivity contribution in [2.45, 2.75) is 25.3 Å². The standard InChI is InChI=1S/C22H22N2O4/c25-21(24-19-11-12-27-20-8-4-2-6-17(19)20)14-28-22(26)10-9-15-13-23-18-7-3-1-5-16(15)18/h1-8,13,19,23H,9-12,14H2,(H,24,25). The van der Waals surface area contributed by atoms with Crippen molar-refractivity contribution in [3.05, 3.63) is 65.9 Å². The van der Waals surface area contributed by atoms with Crippen molar-refractivity contribution < 1.29 is 19.1 Å². The molecule has 0 spiro atoms. The average Bonchev–Trinajstić information content (AvgIpc) is 3.14. The Balaban J connectivity index is 1.25. The molecule has 0 saturated carbocycles. The van der Waals surface area contributed by atoms with Gasteiger partial charge >= 0.3 is 5.97 Å². The van der Waals surface area contributed by atoms with Gasteiger partial charge < -0.3 is 19.8 Å². The van der Waals surface area contributed by atoms with E-state index < -0.39 is 0 Å². The van der Waals surface area contributed by atoms with E-state index >= 15 is 0 Å². The van der Waals surface area contributed by atoms with Gasteiger partial charge in [-0.3, -0.25) is 9.59 Å². The van der Waals surface area contributed by atoms with E-state index in [2.05, 4.69) is 10.3 Å². The van der Waals surface area contributed by atoms with E-state index in [0.717, 1.165) is 27.8 Å². The zero-order valence-electron chi connectivity index (χ0n) is 15.4. The Kier molecular flexibility index (Phi) is 5.28. The monoisotopic (exact) mass is 378 g/mol. The molecule has 2 heterocycles. The van der Waals surface area contributed by atoms with E-state index in [1.807, 2.05) is 54.7 Å². The minimum Gasteiger partial charge on any atom is -0.493 e. The van der Waals surface area contributed by atoms with Crippen LogP contribution in [0.2, 0.25) is 0 Å². The molecule has 0 bridgehead atoms. The van der Waals surface area contributed by atoms with E-state index in [4.69, 9.17) is 9.47 Å². The highest BCUT2D eigenvalue weighted by Crippen LogP contribution is 2.31. The van der Waals surface area contributed by atoms with Gasteiger partial charge in [0.15, 0.2) is 6.61 Å². The van der Waals surface area contributed by atoms with Crippen LogP contribution in [0.25, 0.3) is 10.9 Å². The highest BCUT2D eigenvalue weighted by atomic mass is 16.5. The number of amides is 1. The number of aromatic amines is 1. The van der Waals surface area contributed by atoms with Crippen molar-refractivity contribution in [2.75, 3.05) is 13.2 Å². The fourth-order valence-electron chi connectivity index (χ4n) is 3.52. The van der Waals surface area contributed by atoms with Crippen molar-refractivity contribution in [1.82, 2.24) is 10.3 Å². The number of fused-ring (bicyclic) bond motifs is 2. The van der Waals surface area contributed by atoms with E-state index in [0.29, 0.717) is 19.4 Å². The number of carbonyl (C=O) groups excluding carboxylic acids is 2. The highest BCUT2D eigenvalue weighted by molar-refractivity contribution is 5.84.